The van der Waals surface area contributed by atoms with Crippen LogP contribution in [0.2, 0.25) is 0 Å². The summed E-state index contributed by atoms with van der Waals surface area (Å²) >= 11 is 0. The Hall–Kier alpha value is -4.71. The first kappa shape index (κ1) is 31.7. The van der Waals surface area contributed by atoms with Crippen LogP contribution in [0.15, 0.2) is 77.8 Å². The molecule has 0 spiro atoms. The monoisotopic (exact) mass is 634 g/mol. The molecule has 236 valence electrons. The molecule has 5 rings (SSSR count). The molecule has 3 aromatic carbocycles. The van der Waals surface area contributed by atoms with Crippen molar-refractivity contribution in [1.82, 2.24) is 9.88 Å². The van der Waals surface area contributed by atoms with Crippen LogP contribution in [0.3, 0.4) is 0 Å². The van der Waals surface area contributed by atoms with Crippen LogP contribution in [0.25, 0.3) is 10.8 Å². The lowest BCUT2D eigenvalue weighted by Crippen LogP contribution is -2.40. The number of fused-ring (bicyclic) bond motifs is 1. The topological polar surface area (TPSA) is 141 Å². The van der Waals surface area contributed by atoms with Crippen molar-refractivity contribution in [2.24, 2.45) is 5.92 Å². The van der Waals surface area contributed by atoms with Crippen molar-refractivity contribution in [3.05, 3.63) is 89.9 Å². The van der Waals surface area contributed by atoms with Gasteiger partial charge in [0.2, 0.25) is 5.91 Å². The van der Waals surface area contributed by atoms with E-state index in [4.69, 9.17) is 15.2 Å². The van der Waals surface area contributed by atoms with E-state index in [1.807, 2.05) is 6.07 Å². The highest BCUT2D eigenvalue weighted by Crippen LogP contribution is 2.43. The third-order valence-electron chi connectivity index (χ3n) is 8.08. The number of carbonyl (C=O) groups is 2. The number of nitrogens with two attached hydrogens (primary N) is 1. The number of rotatable bonds is 10. The highest BCUT2D eigenvalue weighted by atomic mass is 32.2. The van der Waals surface area contributed by atoms with Crippen LogP contribution in [-0.2, 0) is 24.2 Å². The number of likely N-dealkylation sites (tertiary alicyclic amines) is 1. The Morgan fingerprint density at radius 1 is 1.11 bits per heavy atom. The summed E-state index contributed by atoms with van der Waals surface area (Å²) in [5.41, 5.74) is 7.35. The molecule has 0 radical (unpaired) electrons. The maximum Gasteiger partial charge on any atom is 0.311 e. The van der Waals surface area contributed by atoms with Gasteiger partial charge in [0.1, 0.15) is 11.9 Å². The van der Waals surface area contributed by atoms with Crippen molar-refractivity contribution >= 4 is 44.0 Å². The van der Waals surface area contributed by atoms with Crippen LogP contribution in [-0.4, -0.2) is 56.2 Å². The predicted octanol–water partition coefficient (Wildman–Crippen LogP) is 5.06. The zero-order valence-electron chi connectivity index (χ0n) is 25.2. The third-order valence-corrected chi connectivity index (χ3v) is 9.89. The van der Waals surface area contributed by atoms with Crippen molar-refractivity contribution in [1.29, 1.82) is 0 Å². The largest absolute Gasteiger partial charge is 0.494 e. The number of anilines is 2. The van der Waals surface area contributed by atoms with E-state index in [0.717, 1.165) is 10.8 Å². The van der Waals surface area contributed by atoms with Crippen molar-refractivity contribution in [2.45, 2.75) is 37.2 Å². The first-order valence-electron chi connectivity index (χ1n) is 14.6. The van der Waals surface area contributed by atoms with E-state index in [1.54, 1.807) is 56.4 Å². The smallest absolute Gasteiger partial charge is 0.311 e. The number of benzene rings is 3. The quantitative estimate of drug-likeness (QED) is 0.229. The second-order valence-corrected chi connectivity index (χ2v) is 12.9. The number of halogens is 1. The molecule has 4 aromatic rings. The van der Waals surface area contributed by atoms with Crippen LogP contribution in [0.1, 0.15) is 43.5 Å². The number of carbonyl (C=O) groups excluding carboxylic acids is 2. The first-order chi connectivity index (χ1) is 21.6. The zero-order chi connectivity index (χ0) is 32.3. The fourth-order valence-electron chi connectivity index (χ4n) is 5.85. The molecule has 0 aliphatic carbocycles. The van der Waals surface area contributed by atoms with Crippen molar-refractivity contribution in [3.8, 4) is 5.75 Å². The van der Waals surface area contributed by atoms with E-state index in [-0.39, 0.29) is 36.0 Å². The van der Waals surface area contributed by atoms with E-state index in [1.165, 1.54) is 36.3 Å². The lowest BCUT2D eigenvalue weighted by molar-refractivity contribution is -0.149. The lowest BCUT2D eigenvalue weighted by Gasteiger charge is -2.33. The second kappa shape index (κ2) is 13.1. The third kappa shape index (κ3) is 6.28. The Morgan fingerprint density at radius 2 is 1.89 bits per heavy atom. The molecule has 0 unspecified atom stereocenters. The Kier molecular flexibility index (Phi) is 9.24. The minimum atomic E-state index is -3.72. The first-order valence-corrected chi connectivity index (χ1v) is 16.3. The van der Waals surface area contributed by atoms with E-state index in [9.17, 15) is 22.4 Å². The summed E-state index contributed by atoms with van der Waals surface area (Å²) in [5, 5.41) is 4.81. The van der Waals surface area contributed by atoms with E-state index >= 15 is 0 Å². The average molecular weight is 635 g/mol. The molecular weight excluding hydrogens is 599 g/mol. The van der Waals surface area contributed by atoms with E-state index < -0.39 is 45.5 Å². The second-order valence-electron chi connectivity index (χ2n) is 10.7. The van der Waals surface area contributed by atoms with Crippen LogP contribution < -0.4 is 15.8 Å². The highest BCUT2D eigenvalue weighted by Gasteiger charge is 2.46. The minimum absolute atomic E-state index is 0.0498. The number of esters is 1. The highest BCUT2D eigenvalue weighted by molar-refractivity contribution is 7.91. The van der Waals surface area contributed by atoms with Gasteiger partial charge >= 0.3 is 5.97 Å². The number of sulfone groups is 1. The summed E-state index contributed by atoms with van der Waals surface area (Å²) in [6, 6.07) is 15.7. The normalized spacial score (nSPS) is 17.2. The van der Waals surface area contributed by atoms with Crippen molar-refractivity contribution in [3.63, 3.8) is 0 Å². The fraction of sp³-hybridized carbons (Fsp3) is 0.303. The van der Waals surface area contributed by atoms with Gasteiger partial charge in [0.15, 0.2) is 21.4 Å². The molecule has 0 saturated carbocycles. The number of amides is 1. The minimum Gasteiger partial charge on any atom is -0.494 e. The van der Waals surface area contributed by atoms with Gasteiger partial charge in [-0.3, -0.25) is 9.59 Å². The molecule has 3 N–H and O–H groups in total. The molecule has 1 aliphatic heterocycles. The van der Waals surface area contributed by atoms with Crippen LogP contribution in [0, 0.1) is 11.7 Å². The van der Waals surface area contributed by atoms with Crippen LogP contribution in [0.4, 0.5) is 15.9 Å². The molecule has 10 nitrogen and oxygen atoms in total. The maximum absolute atomic E-state index is 14.7. The molecule has 1 saturated heterocycles. The van der Waals surface area contributed by atoms with Gasteiger partial charge in [-0.1, -0.05) is 31.2 Å². The number of methoxy groups -OCH3 is 1. The zero-order valence-corrected chi connectivity index (χ0v) is 26.0. The summed E-state index contributed by atoms with van der Waals surface area (Å²) in [6.45, 7) is 3.52. The molecule has 2 heterocycles. The number of aromatic nitrogens is 1. The number of ether oxygens (including phenoxy) is 2. The van der Waals surface area contributed by atoms with Crippen molar-refractivity contribution < 1.29 is 31.9 Å². The van der Waals surface area contributed by atoms with Crippen LogP contribution >= 0.6 is 0 Å². The number of pyridine rings is 1. The Morgan fingerprint density at radius 3 is 2.62 bits per heavy atom. The number of hydrogen-bond donors (Lipinski definition) is 2. The van der Waals surface area contributed by atoms with Gasteiger partial charge in [-0.05, 0) is 72.3 Å². The summed E-state index contributed by atoms with van der Waals surface area (Å²) in [7, 11) is -2.38. The molecule has 1 aromatic heterocycles. The molecular formula is C33H35FN4O6S. The fourth-order valence-corrected chi connectivity index (χ4v) is 7.00. The molecule has 1 fully saturated rings. The van der Waals surface area contributed by atoms with Gasteiger partial charge < -0.3 is 25.4 Å². The molecule has 1 aliphatic rings. The van der Waals surface area contributed by atoms with Crippen molar-refractivity contribution in [2.75, 3.05) is 37.1 Å². The van der Waals surface area contributed by atoms with Gasteiger partial charge in [-0.2, -0.15) is 0 Å². The Labute approximate surface area is 261 Å². The van der Waals surface area contributed by atoms with E-state index in [0.29, 0.717) is 22.6 Å². The van der Waals surface area contributed by atoms with Gasteiger partial charge in [0.25, 0.3) is 0 Å². The van der Waals surface area contributed by atoms with E-state index in [2.05, 4.69) is 10.3 Å². The van der Waals surface area contributed by atoms with Gasteiger partial charge in [0, 0.05) is 23.8 Å². The Bertz CT molecular complexity index is 1850. The Balaban J connectivity index is 1.63. The number of hydrogen-bond acceptors (Lipinski definition) is 9. The lowest BCUT2D eigenvalue weighted by atomic mass is 9.93. The predicted molar refractivity (Wildman–Crippen MR) is 169 cm³/mol. The SMILES string of the molecule is CCOC(=O)[C@H]1CCN(C(=O)[C@H](Nc2ccc3c(N)nccc3c2)c2ccc(F)c(OC)c2)[C@H]1c1ccccc1S(=O)(=O)CC. The summed E-state index contributed by atoms with van der Waals surface area (Å²) in [4.78, 5) is 33.6. The molecule has 12 heteroatoms. The number of nitrogen functional groups attached to an aromatic ring is 1. The maximum atomic E-state index is 14.7. The molecule has 0 bridgehead atoms. The van der Waals surface area contributed by atoms with Gasteiger partial charge in [-0.15, -0.1) is 0 Å². The number of nitrogens with zero attached hydrogens (tertiary/aromatic N) is 2. The molecule has 45 heavy (non-hydrogen) atoms. The summed E-state index contributed by atoms with van der Waals surface area (Å²) < 4.78 is 51.5. The van der Waals surface area contributed by atoms with Crippen LogP contribution in [0.5, 0.6) is 5.75 Å². The number of nitrogens with one attached hydrogen (secondary N) is 1. The summed E-state index contributed by atoms with van der Waals surface area (Å²) in [5.74, 6) is -2.21. The van der Waals surface area contributed by atoms with Gasteiger partial charge in [0.05, 0.1) is 36.3 Å². The standard InChI is InChI=1S/C33H35FN4O6S/c1-4-44-33(40)25-15-17-38(30(25)24-8-6-7-9-28(24)45(41,42)5-2)32(39)29(21-10-13-26(34)27(19-21)43-3)37-22-11-12-23-20(18-22)14-16-36-31(23)35/h6-14,16,18-19,25,29-30,37H,4-5,15,17H2,1-3H3,(H2,35,36)/t25-,29+,30-/m0/s1. The summed E-state index contributed by atoms with van der Waals surface area (Å²) in [6.07, 6.45) is 1.85. The van der Waals surface area contributed by atoms with Gasteiger partial charge in [-0.25, -0.2) is 17.8 Å². The average Bonchev–Trinajstić information content (AvgIpc) is 3.49. The molecule has 1 amide bonds. The molecule has 3 atom stereocenters.